The number of aromatic hydroxyl groups is 1. The summed E-state index contributed by atoms with van der Waals surface area (Å²) in [6, 6.07) is 9.60. The van der Waals surface area contributed by atoms with Gasteiger partial charge in [0.25, 0.3) is 0 Å². The summed E-state index contributed by atoms with van der Waals surface area (Å²) in [5, 5.41) is 12.2. The molecule has 0 fully saturated rings. The van der Waals surface area contributed by atoms with E-state index in [2.05, 4.69) is 0 Å². The lowest BCUT2D eigenvalue weighted by Crippen LogP contribution is -2.40. The third-order valence-corrected chi connectivity index (χ3v) is 4.30. The highest BCUT2D eigenvalue weighted by molar-refractivity contribution is 6.31. The van der Waals surface area contributed by atoms with Crippen LogP contribution < -0.4 is 4.90 Å². The zero-order valence-corrected chi connectivity index (χ0v) is 14.2. The van der Waals surface area contributed by atoms with Gasteiger partial charge in [-0.05, 0) is 38.6 Å². The highest BCUT2D eigenvalue weighted by Gasteiger charge is 2.34. The highest BCUT2D eigenvalue weighted by Crippen LogP contribution is 2.41. The first kappa shape index (κ1) is 15.9. The van der Waals surface area contributed by atoms with Gasteiger partial charge in [-0.25, -0.2) is 4.79 Å². The van der Waals surface area contributed by atoms with Crippen LogP contribution in [0.25, 0.3) is 10.8 Å². The molecule has 122 valence electrons. The summed E-state index contributed by atoms with van der Waals surface area (Å²) in [7, 11) is 0. The van der Waals surface area contributed by atoms with Crippen LogP contribution >= 0.6 is 11.6 Å². The fourth-order valence-corrected chi connectivity index (χ4v) is 3.17. The molecule has 0 spiro atoms. The second-order valence-electron chi connectivity index (χ2n) is 6.76. The predicted octanol–water partition coefficient (Wildman–Crippen LogP) is 3.81. The number of halogens is 1. The molecular formula is C18H20ClNO3. The molecule has 23 heavy (non-hydrogen) atoms. The molecule has 4 nitrogen and oxygen atoms in total. The quantitative estimate of drug-likeness (QED) is 0.516. The van der Waals surface area contributed by atoms with Crippen molar-refractivity contribution in [1.29, 1.82) is 0 Å². The number of anilines is 1. The molecule has 3 rings (SSSR count). The van der Waals surface area contributed by atoms with Gasteiger partial charge in [0.1, 0.15) is 11.4 Å². The Bertz CT molecular complexity index is 767. The molecule has 2 aromatic rings. The van der Waals surface area contributed by atoms with Crippen LogP contribution in [0.5, 0.6) is 5.75 Å². The normalized spacial score (nSPS) is 15.6. The Balaban J connectivity index is 1.97. The lowest BCUT2D eigenvalue weighted by atomic mass is 10.0. The first-order valence-electron chi connectivity index (χ1n) is 7.65. The Kier molecular flexibility index (Phi) is 3.88. The summed E-state index contributed by atoms with van der Waals surface area (Å²) in [6.07, 6.45) is 0.651. The lowest BCUT2D eigenvalue weighted by Gasteiger charge is -2.28. The van der Waals surface area contributed by atoms with Gasteiger partial charge in [-0.1, -0.05) is 35.9 Å². The number of hydrogen-bond donors (Lipinski definition) is 1. The van der Waals surface area contributed by atoms with Gasteiger partial charge in [0.05, 0.1) is 0 Å². The van der Waals surface area contributed by atoms with Crippen molar-refractivity contribution < 1.29 is 14.6 Å². The third-order valence-electron chi connectivity index (χ3n) is 3.89. The average Bonchev–Trinajstić information content (AvgIpc) is 2.89. The first-order chi connectivity index (χ1) is 10.8. The molecule has 5 heteroatoms. The van der Waals surface area contributed by atoms with E-state index in [0.717, 1.165) is 22.0 Å². The number of ether oxygens (including phenoxy) is 1. The lowest BCUT2D eigenvalue weighted by molar-refractivity contribution is -0.154. The Morgan fingerprint density at radius 1 is 1.35 bits per heavy atom. The zero-order valence-electron chi connectivity index (χ0n) is 13.5. The minimum absolute atomic E-state index is 0.272. The molecule has 0 bridgehead atoms. The second kappa shape index (κ2) is 5.60. The number of esters is 1. The van der Waals surface area contributed by atoms with E-state index >= 15 is 0 Å². The third kappa shape index (κ3) is 2.95. The number of carbonyl (C=O) groups is 1. The van der Waals surface area contributed by atoms with Crippen LogP contribution in [0.15, 0.2) is 30.3 Å². The van der Waals surface area contributed by atoms with Gasteiger partial charge in [-0.2, -0.15) is 0 Å². The molecule has 2 aromatic carbocycles. The molecule has 0 saturated carbocycles. The Labute approximate surface area is 140 Å². The molecular weight excluding hydrogens is 314 g/mol. The molecule has 1 heterocycles. The van der Waals surface area contributed by atoms with Crippen molar-refractivity contribution in [3.63, 3.8) is 0 Å². The smallest absolute Gasteiger partial charge is 0.345 e. The van der Waals surface area contributed by atoms with E-state index in [1.54, 1.807) is 4.90 Å². The van der Waals surface area contributed by atoms with E-state index in [9.17, 15) is 9.90 Å². The maximum atomic E-state index is 12.2. The summed E-state index contributed by atoms with van der Waals surface area (Å²) in [5.41, 5.74) is 0.138. The number of fused-ring (bicyclic) bond motifs is 2. The van der Waals surface area contributed by atoms with Crippen LogP contribution in [-0.4, -0.2) is 28.7 Å². The maximum Gasteiger partial charge on any atom is 0.345 e. The van der Waals surface area contributed by atoms with Crippen molar-refractivity contribution in [1.82, 2.24) is 0 Å². The van der Waals surface area contributed by atoms with Gasteiger partial charge >= 0.3 is 5.97 Å². The van der Waals surface area contributed by atoms with Crippen molar-refractivity contribution >= 4 is 34.0 Å². The highest BCUT2D eigenvalue weighted by atomic mass is 35.5. The molecule has 0 aliphatic carbocycles. The minimum atomic E-state index is -0.906. The second-order valence-corrected chi connectivity index (χ2v) is 7.17. The Morgan fingerprint density at radius 3 is 2.74 bits per heavy atom. The fraction of sp³-hybridized carbons (Fsp3) is 0.389. The number of benzene rings is 2. The van der Waals surface area contributed by atoms with E-state index in [0.29, 0.717) is 13.0 Å². The largest absolute Gasteiger partial charge is 0.507 e. The molecule has 0 aromatic heterocycles. The molecule has 1 atom stereocenters. The summed E-state index contributed by atoms with van der Waals surface area (Å²) in [6.45, 7) is 6.01. The number of rotatable bonds is 2. The maximum absolute atomic E-state index is 12.2. The minimum Gasteiger partial charge on any atom is -0.507 e. The standard InChI is InChI=1S/C18H20ClNO3/c1-18(2,3)23-17(22)16(19)20-9-8-13-14(20)10-11-6-4-5-7-12(11)15(13)21/h4-7,10,16,21H,8-9H2,1-3H3. The monoisotopic (exact) mass is 333 g/mol. The van der Waals surface area contributed by atoms with Crippen LogP contribution in [0.2, 0.25) is 0 Å². The summed E-state index contributed by atoms with van der Waals surface area (Å²) >= 11 is 6.34. The average molecular weight is 334 g/mol. The topological polar surface area (TPSA) is 49.8 Å². The van der Waals surface area contributed by atoms with Crippen LogP contribution in [0.4, 0.5) is 5.69 Å². The van der Waals surface area contributed by atoms with E-state index in [1.165, 1.54) is 0 Å². The van der Waals surface area contributed by atoms with Crippen molar-refractivity contribution in [3.05, 3.63) is 35.9 Å². The number of phenols is 1. The molecule has 1 aliphatic rings. The van der Waals surface area contributed by atoms with Crippen molar-refractivity contribution in [2.45, 2.75) is 38.3 Å². The van der Waals surface area contributed by atoms with E-state index in [1.807, 2.05) is 51.1 Å². The van der Waals surface area contributed by atoms with Gasteiger partial charge in [0, 0.05) is 23.2 Å². The molecule has 0 amide bonds. The van der Waals surface area contributed by atoms with Gasteiger partial charge in [0.2, 0.25) is 5.50 Å². The van der Waals surface area contributed by atoms with Crippen LogP contribution in [0.1, 0.15) is 26.3 Å². The Morgan fingerprint density at radius 2 is 2.04 bits per heavy atom. The van der Waals surface area contributed by atoms with Gasteiger partial charge < -0.3 is 14.7 Å². The molecule has 0 saturated heterocycles. The predicted molar refractivity (Wildman–Crippen MR) is 92.1 cm³/mol. The summed E-state index contributed by atoms with van der Waals surface area (Å²) in [4.78, 5) is 14.0. The van der Waals surface area contributed by atoms with Crippen LogP contribution in [0, 0.1) is 0 Å². The zero-order chi connectivity index (χ0) is 16.8. The van der Waals surface area contributed by atoms with Gasteiger partial charge in [-0.15, -0.1) is 0 Å². The van der Waals surface area contributed by atoms with E-state index < -0.39 is 17.1 Å². The van der Waals surface area contributed by atoms with Gasteiger partial charge in [0.15, 0.2) is 0 Å². The SMILES string of the molecule is CC(C)(C)OC(=O)C(Cl)N1CCc2c1cc1ccccc1c2O. The molecule has 0 radical (unpaired) electrons. The van der Waals surface area contributed by atoms with E-state index in [-0.39, 0.29) is 5.75 Å². The number of nitrogens with zero attached hydrogens (tertiary/aromatic N) is 1. The fourth-order valence-electron chi connectivity index (χ4n) is 2.93. The Hall–Kier alpha value is -1.94. The molecule has 1 unspecified atom stereocenters. The van der Waals surface area contributed by atoms with Crippen molar-refractivity contribution in [2.75, 3.05) is 11.4 Å². The van der Waals surface area contributed by atoms with E-state index in [4.69, 9.17) is 16.3 Å². The first-order valence-corrected chi connectivity index (χ1v) is 8.09. The van der Waals surface area contributed by atoms with Crippen molar-refractivity contribution in [2.24, 2.45) is 0 Å². The number of carbonyl (C=O) groups excluding carboxylic acids is 1. The molecule has 1 aliphatic heterocycles. The number of hydrogen-bond acceptors (Lipinski definition) is 4. The molecule has 1 N–H and O–H groups in total. The van der Waals surface area contributed by atoms with Gasteiger partial charge in [-0.3, -0.25) is 0 Å². The van der Waals surface area contributed by atoms with Crippen LogP contribution in [-0.2, 0) is 16.0 Å². The summed E-state index contributed by atoms with van der Waals surface area (Å²) < 4.78 is 5.37. The summed E-state index contributed by atoms with van der Waals surface area (Å²) in [5.74, 6) is -0.201. The number of phenolic OH excluding ortho intramolecular Hbond substituents is 1. The van der Waals surface area contributed by atoms with Crippen LogP contribution in [0.3, 0.4) is 0 Å². The van der Waals surface area contributed by atoms with Crippen molar-refractivity contribution in [3.8, 4) is 5.75 Å². The number of alkyl halides is 1.